The number of ether oxygens (including phenoxy) is 4. The second-order valence-corrected chi connectivity index (χ2v) is 11.3. The zero-order valence-electron chi connectivity index (χ0n) is 25.2. The van der Waals surface area contributed by atoms with Gasteiger partial charge in [0.2, 0.25) is 5.78 Å². The summed E-state index contributed by atoms with van der Waals surface area (Å²) in [6.45, 7) is 6.56. The molecule has 1 saturated heterocycles. The summed E-state index contributed by atoms with van der Waals surface area (Å²) in [6.07, 6.45) is 2.89. The smallest absolute Gasteiger partial charge is 0.329 e. The number of rotatable bonds is 15. The molecule has 1 aliphatic heterocycles. The summed E-state index contributed by atoms with van der Waals surface area (Å²) in [4.78, 5) is 44.0. The van der Waals surface area contributed by atoms with Crippen LogP contribution in [0.4, 0.5) is 0 Å². The summed E-state index contributed by atoms with van der Waals surface area (Å²) in [5, 5.41) is 0. The lowest BCUT2D eigenvalue weighted by atomic mass is 9.84. The van der Waals surface area contributed by atoms with Crippen molar-refractivity contribution in [2.24, 2.45) is 5.41 Å². The first-order valence-electron chi connectivity index (χ1n) is 14.5. The van der Waals surface area contributed by atoms with Gasteiger partial charge in [0.05, 0.1) is 14.2 Å². The SMILES string of the molecule is CCC(C)(C)C(=O)C(=O)N1CCCC[C@H]1C(=O)O[C@H](CCc1ccc(OC)c(OC)c1)c1cccc(OCCNCl)c1. The largest absolute Gasteiger partial charge is 0.493 e. The number of piperidine rings is 1. The minimum absolute atomic E-state index is 0.346. The van der Waals surface area contributed by atoms with Gasteiger partial charge in [-0.3, -0.25) is 9.59 Å². The molecule has 0 radical (unpaired) electrons. The van der Waals surface area contributed by atoms with Crippen LogP contribution in [0, 0.1) is 5.41 Å². The maximum absolute atomic E-state index is 13.7. The van der Waals surface area contributed by atoms with Crippen LogP contribution < -0.4 is 19.0 Å². The second-order valence-electron chi connectivity index (χ2n) is 11.0. The number of carbonyl (C=O) groups is 3. The third-order valence-electron chi connectivity index (χ3n) is 7.83. The Bertz CT molecular complexity index is 1220. The van der Waals surface area contributed by atoms with Crippen LogP contribution in [0.5, 0.6) is 17.2 Å². The van der Waals surface area contributed by atoms with Crippen LogP contribution in [0.15, 0.2) is 42.5 Å². The molecule has 230 valence electrons. The number of aryl methyl sites for hydroxylation is 1. The summed E-state index contributed by atoms with van der Waals surface area (Å²) in [6, 6.07) is 12.3. The highest BCUT2D eigenvalue weighted by molar-refractivity contribution is 6.38. The Morgan fingerprint density at radius 3 is 2.52 bits per heavy atom. The Morgan fingerprint density at radius 1 is 1.07 bits per heavy atom. The molecule has 0 bridgehead atoms. The molecule has 1 aliphatic rings. The van der Waals surface area contributed by atoms with E-state index in [9.17, 15) is 14.4 Å². The molecule has 0 spiro atoms. The average Bonchev–Trinajstić information content (AvgIpc) is 3.02. The Balaban J connectivity index is 1.85. The Kier molecular flexibility index (Phi) is 12.5. The average molecular weight is 603 g/mol. The van der Waals surface area contributed by atoms with E-state index < -0.39 is 35.2 Å². The lowest BCUT2D eigenvalue weighted by Gasteiger charge is -2.36. The van der Waals surface area contributed by atoms with E-state index in [1.54, 1.807) is 28.1 Å². The fourth-order valence-electron chi connectivity index (χ4n) is 4.86. The standard InChI is InChI=1S/C32H43ClN2O7/c1-6-32(2,3)29(36)30(37)35-18-8-7-12-25(35)31(38)42-26(23-10-9-11-24(21-23)41-19-17-34-33)15-13-22-14-16-27(39-4)28(20-22)40-5/h9-11,14,16,20-21,25-26,34H,6-8,12-13,15,17-19H2,1-5H3/t25-,26+/m0/s1. The zero-order chi connectivity index (χ0) is 30.7. The zero-order valence-corrected chi connectivity index (χ0v) is 26.0. The van der Waals surface area contributed by atoms with E-state index >= 15 is 0 Å². The van der Waals surface area contributed by atoms with Crippen molar-refractivity contribution in [2.45, 2.75) is 71.4 Å². The summed E-state index contributed by atoms with van der Waals surface area (Å²) < 4.78 is 22.8. The number of nitrogens with zero attached hydrogens (tertiary/aromatic N) is 1. The van der Waals surface area contributed by atoms with Crippen molar-refractivity contribution in [3.8, 4) is 17.2 Å². The minimum Gasteiger partial charge on any atom is -0.493 e. The quantitative estimate of drug-likeness (QED) is 0.125. The molecule has 2 atom stereocenters. The van der Waals surface area contributed by atoms with Crippen molar-refractivity contribution in [1.82, 2.24) is 9.74 Å². The normalized spacial score (nSPS) is 16.0. The maximum atomic E-state index is 13.7. The predicted molar refractivity (Wildman–Crippen MR) is 161 cm³/mol. The van der Waals surface area contributed by atoms with E-state index in [2.05, 4.69) is 4.84 Å². The van der Waals surface area contributed by atoms with Gasteiger partial charge in [-0.05, 0) is 85.7 Å². The first-order valence-corrected chi connectivity index (χ1v) is 14.9. The van der Waals surface area contributed by atoms with Gasteiger partial charge in [0.25, 0.3) is 5.91 Å². The summed E-state index contributed by atoms with van der Waals surface area (Å²) in [5.41, 5.74) is 0.942. The van der Waals surface area contributed by atoms with E-state index in [0.717, 1.165) is 24.0 Å². The van der Waals surface area contributed by atoms with Crippen molar-refractivity contribution in [3.05, 3.63) is 53.6 Å². The van der Waals surface area contributed by atoms with Crippen LogP contribution in [0.3, 0.4) is 0 Å². The van der Waals surface area contributed by atoms with Gasteiger partial charge in [-0.1, -0.05) is 39.0 Å². The lowest BCUT2D eigenvalue weighted by Crippen LogP contribution is -2.53. The van der Waals surface area contributed by atoms with Crippen LogP contribution in [0.1, 0.15) is 70.1 Å². The minimum atomic E-state index is -0.819. The van der Waals surface area contributed by atoms with Gasteiger partial charge in [0.1, 0.15) is 24.5 Å². The van der Waals surface area contributed by atoms with Gasteiger partial charge in [-0.15, -0.1) is 0 Å². The van der Waals surface area contributed by atoms with Gasteiger partial charge < -0.3 is 23.8 Å². The van der Waals surface area contributed by atoms with Crippen molar-refractivity contribution < 1.29 is 33.3 Å². The Morgan fingerprint density at radius 2 is 1.83 bits per heavy atom. The molecule has 1 fully saturated rings. The maximum Gasteiger partial charge on any atom is 0.329 e. The molecule has 2 aromatic rings. The molecule has 0 aliphatic carbocycles. The number of halogens is 1. The van der Waals surface area contributed by atoms with Gasteiger partial charge in [-0.2, -0.15) is 0 Å². The molecule has 0 unspecified atom stereocenters. The first-order chi connectivity index (χ1) is 20.1. The third kappa shape index (κ3) is 8.61. The molecule has 9 nitrogen and oxygen atoms in total. The number of esters is 1. The van der Waals surface area contributed by atoms with Gasteiger partial charge in [0.15, 0.2) is 11.5 Å². The highest BCUT2D eigenvalue weighted by Gasteiger charge is 2.41. The summed E-state index contributed by atoms with van der Waals surface area (Å²) in [5.74, 6) is 0.250. The molecular formula is C32H43ClN2O7. The topological polar surface area (TPSA) is 103 Å². The number of amides is 1. The van der Waals surface area contributed by atoms with Crippen molar-refractivity contribution in [2.75, 3.05) is 33.9 Å². The number of nitrogens with one attached hydrogen (secondary N) is 1. The molecule has 0 saturated carbocycles. The fourth-order valence-corrected chi connectivity index (χ4v) is 4.94. The number of methoxy groups -OCH3 is 2. The number of ketones is 1. The molecule has 3 rings (SSSR count). The fraction of sp³-hybridized carbons (Fsp3) is 0.531. The van der Waals surface area contributed by atoms with E-state index in [1.165, 1.54) is 4.90 Å². The second kappa shape index (κ2) is 15.8. The number of benzene rings is 2. The van der Waals surface area contributed by atoms with E-state index in [0.29, 0.717) is 62.6 Å². The van der Waals surface area contributed by atoms with E-state index in [-0.39, 0.29) is 0 Å². The lowest BCUT2D eigenvalue weighted by molar-refractivity contribution is -0.164. The van der Waals surface area contributed by atoms with Gasteiger partial charge >= 0.3 is 5.97 Å². The Hall–Kier alpha value is -3.30. The molecule has 1 heterocycles. The number of hydrogen-bond donors (Lipinski definition) is 1. The molecular weight excluding hydrogens is 560 g/mol. The van der Waals surface area contributed by atoms with Crippen LogP contribution in [0.25, 0.3) is 0 Å². The van der Waals surface area contributed by atoms with Gasteiger partial charge in [-0.25, -0.2) is 9.63 Å². The molecule has 10 heteroatoms. The Labute approximate surface area is 253 Å². The summed E-state index contributed by atoms with van der Waals surface area (Å²) >= 11 is 5.55. The highest BCUT2D eigenvalue weighted by Crippen LogP contribution is 2.32. The highest BCUT2D eigenvalue weighted by atomic mass is 35.5. The van der Waals surface area contributed by atoms with E-state index in [1.807, 2.05) is 49.4 Å². The molecule has 2 aromatic carbocycles. The van der Waals surface area contributed by atoms with Crippen LogP contribution >= 0.6 is 11.8 Å². The van der Waals surface area contributed by atoms with Crippen molar-refractivity contribution in [1.29, 1.82) is 0 Å². The van der Waals surface area contributed by atoms with Crippen LogP contribution in [0.2, 0.25) is 0 Å². The molecule has 42 heavy (non-hydrogen) atoms. The number of Topliss-reactive ketones (excluding diaryl/α,β-unsaturated/α-hetero) is 1. The number of hydrogen-bond acceptors (Lipinski definition) is 8. The molecule has 1 N–H and O–H groups in total. The summed E-state index contributed by atoms with van der Waals surface area (Å²) in [7, 11) is 3.17. The molecule has 0 aromatic heterocycles. The number of likely N-dealkylation sites (tertiary alicyclic amines) is 1. The molecule has 1 amide bonds. The van der Waals surface area contributed by atoms with Crippen LogP contribution in [-0.4, -0.2) is 62.5 Å². The monoisotopic (exact) mass is 602 g/mol. The third-order valence-corrected chi connectivity index (χ3v) is 8.01. The first kappa shape index (κ1) is 33.2. The van der Waals surface area contributed by atoms with Crippen molar-refractivity contribution >= 4 is 29.4 Å². The van der Waals surface area contributed by atoms with Crippen molar-refractivity contribution in [3.63, 3.8) is 0 Å². The van der Waals surface area contributed by atoms with Gasteiger partial charge in [0, 0.05) is 18.5 Å². The van der Waals surface area contributed by atoms with Crippen LogP contribution in [-0.2, 0) is 25.5 Å². The predicted octanol–water partition coefficient (Wildman–Crippen LogP) is 5.43. The number of carbonyl (C=O) groups excluding carboxylic acids is 3. The van der Waals surface area contributed by atoms with E-state index in [4.69, 9.17) is 30.7 Å².